The van der Waals surface area contributed by atoms with Crippen molar-refractivity contribution in [2.24, 2.45) is 0 Å². The van der Waals surface area contributed by atoms with Gasteiger partial charge in [0.1, 0.15) is 5.82 Å². The van der Waals surface area contributed by atoms with Crippen molar-refractivity contribution in [3.63, 3.8) is 0 Å². The molecule has 0 aliphatic rings. The van der Waals surface area contributed by atoms with E-state index >= 15 is 0 Å². The second kappa shape index (κ2) is 11.7. The van der Waals surface area contributed by atoms with Gasteiger partial charge in [0.05, 0.1) is 16.5 Å². The van der Waals surface area contributed by atoms with Gasteiger partial charge in [-0.05, 0) is 78.7 Å². The van der Waals surface area contributed by atoms with Gasteiger partial charge in [0.25, 0.3) is 0 Å². The Balaban J connectivity index is 1.85. The minimum Gasteiger partial charge on any atom is -0.377 e. The lowest BCUT2D eigenvalue weighted by atomic mass is 10.1. The van der Waals surface area contributed by atoms with Crippen LogP contribution in [0.1, 0.15) is 24.5 Å². The maximum Gasteiger partial charge on any atom is 0.323 e. The maximum atomic E-state index is 13.4. The molecule has 0 fully saturated rings. The quantitative estimate of drug-likeness (QED) is 0.422. The molecule has 3 aromatic carbocycles. The number of urea groups is 1. The number of nitriles is 1. The van der Waals surface area contributed by atoms with E-state index < -0.39 is 21.9 Å². The molecule has 188 valence electrons. The first-order valence-corrected chi connectivity index (χ1v) is 12.7. The monoisotopic (exact) mass is 509 g/mol. The lowest BCUT2D eigenvalue weighted by Crippen LogP contribution is -2.32. The Bertz CT molecular complexity index is 1350. The van der Waals surface area contributed by atoms with E-state index in [4.69, 9.17) is 5.26 Å². The first kappa shape index (κ1) is 26.7. The molecular weight excluding hydrogens is 481 g/mol. The topological polar surface area (TPSA) is 106 Å². The molecule has 0 radical (unpaired) electrons. The maximum absolute atomic E-state index is 13.4. The smallest absolute Gasteiger partial charge is 0.323 e. The van der Waals surface area contributed by atoms with E-state index in [1.165, 1.54) is 16.4 Å². The van der Waals surface area contributed by atoms with Crippen LogP contribution in [0.25, 0.3) is 0 Å². The van der Waals surface area contributed by atoms with Crippen molar-refractivity contribution in [1.82, 2.24) is 4.31 Å². The number of carbonyl (C=O) groups is 1. The molecule has 0 spiro atoms. The van der Waals surface area contributed by atoms with Gasteiger partial charge in [-0.25, -0.2) is 17.6 Å². The summed E-state index contributed by atoms with van der Waals surface area (Å²) in [6, 6.07) is 18.0. The molecule has 0 saturated carbocycles. The Hall–Kier alpha value is -3.94. The third-order valence-corrected chi connectivity index (χ3v) is 7.22. The Morgan fingerprint density at radius 3 is 2.17 bits per heavy atom. The first-order chi connectivity index (χ1) is 17.1. The average molecular weight is 510 g/mol. The number of carbonyl (C=O) groups excluding carboxylic acids is 1. The highest BCUT2D eigenvalue weighted by atomic mass is 32.2. The van der Waals surface area contributed by atoms with Gasteiger partial charge in [-0.3, -0.25) is 0 Å². The SMILES string of the molecule is CCCN(Cc1cc(NC(=O)Nc2ccc(C#N)cc2)ccc1N(C)C)S(=O)(=O)c1ccc(F)cc1. The Morgan fingerprint density at radius 2 is 1.58 bits per heavy atom. The lowest BCUT2D eigenvalue weighted by molar-refractivity contribution is 0.262. The van der Waals surface area contributed by atoms with Crippen molar-refractivity contribution in [2.45, 2.75) is 24.8 Å². The van der Waals surface area contributed by atoms with Crippen LogP contribution in [0.4, 0.5) is 26.2 Å². The summed E-state index contributed by atoms with van der Waals surface area (Å²) in [6.45, 7) is 2.21. The minimum atomic E-state index is -3.88. The van der Waals surface area contributed by atoms with Crippen LogP contribution < -0.4 is 15.5 Å². The lowest BCUT2D eigenvalue weighted by Gasteiger charge is -2.25. The number of halogens is 1. The molecule has 0 aromatic heterocycles. The zero-order valence-corrected chi connectivity index (χ0v) is 21.1. The number of hydrogen-bond donors (Lipinski definition) is 2. The summed E-state index contributed by atoms with van der Waals surface area (Å²) < 4.78 is 41.4. The molecule has 0 aliphatic carbocycles. The predicted octanol–water partition coefficient (Wildman–Crippen LogP) is 5.01. The Kier molecular flexibility index (Phi) is 8.64. The molecule has 0 atom stereocenters. The Morgan fingerprint density at radius 1 is 0.972 bits per heavy atom. The first-order valence-electron chi connectivity index (χ1n) is 11.3. The summed E-state index contributed by atoms with van der Waals surface area (Å²) in [5.74, 6) is -0.510. The molecule has 0 saturated heterocycles. The van der Waals surface area contributed by atoms with Crippen molar-refractivity contribution >= 4 is 33.1 Å². The van der Waals surface area contributed by atoms with Crippen molar-refractivity contribution in [1.29, 1.82) is 5.26 Å². The van der Waals surface area contributed by atoms with E-state index in [2.05, 4.69) is 10.6 Å². The van der Waals surface area contributed by atoms with E-state index in [0.717, 1.165) is 17.8 Å². The van der Waals surface area contributed by atoms with Crippen LogP contribution in [0.3, 0.4) is 0 Å². The van der Waals surface area contributed by atoms with Crippen molar-refractivity contribution < 1.29 is 17.6 Å². The molecule has 3 rings (SSSR count). The second-order valence-corrected chi connectivity index (χ2v) is 10.2. The van der Waals surface area contributed by atoms with Crippen molar-refractivity contribution in [2.75, 3.05) is 36.2 Å². The number of rotatable bonds is 9. The molecule has 0 unspecified atom stereocenters. The number of anilines is 3. The van der Waals surface area contributed by atoms with Crippen LogP contribution in [0.5, 0.6) is 0 Å². The standard InChI is InChI=1S/C26H28FN5O3S/c1-4-15-32(36(34,35)24-12-7-21(27)8-13-24)18-20-16-23(11-14-25(20)31(2)3)30-26(33)29-22-9-5-19(17-28)6-10-22/h5-14,16H,4,15,18H2,1-3H3,(H2,29,30,33). The molecule has 36 heavy (non-hydrogen) atoms. The van der Waals surface area contributed by atoms with Gasteiger partial charge in [-0.15, -0.1) is 0 Å². The number of sulfonamides is 1. The fourth-order valence-corrected chi connectivity index (χ4v) is 5.14. The molecule has 3 aromatic rings. The minimum absolute atomic E-state index is 0.0137. The Labute approximate surface area is 211 Å². The van der Waals surface area contributed by atoms with Crippen LogP contribution in [-0.2, 0) is 16.6 Å². The van der Waals surface area contributed by atoms with Gasteiger partial charge in [0.15, 0.2) is 0 Å². The number of nitrogens with zero attached hydrogens (tertiary/aromatic N) is 3. The fraction of sp³-hybridized carbons (Fsp3) is 0.231. The predicted molar refractivity (Wildman–Crippen MR) is 139 cm³/mol. The summed E-state index contributed by atoms with van der Waals surface area (Å²) in [4.78, 5) is 14.4. The highest BCUT2D eigenvalue weighted by Crippen LogP contribution is 2.27. The van der Waals surface area contributed by atoms with Crippen LogP contribution in [0, 0.1) is 17.1 Å². The summed E-state index contributed by atoms with van der Waals surface area (Å²) >= 11 is 0. The number of benzene rings is 3. The van der Waals surface area contributed by atoms with E-state index in [9.17, 15) is 17.6 Å². The van der Waals surface area contributed by atoms with Gasteiger partial charge in [-0.1, -0.05) is 6.92 Å². The molecule has 10 heteroatoms. The van der Waals surface area contributed by atoms with Gasteiger partial charge < -0.3 is 15.5 Å². The van der Waals surface area contributed by atoms with Gasteiger partial charge >= 0.3 is 6.03 Å². The molecule has 2 amide bonds. The highest BCUT2D eigenvalue weighted by Gasteiger charge is 2.25. The van der Waals surface area contributed by atoms with Crippen LogP contribution in [0.15, 0.2) is 71.6 Å². The summed E-state index contributed by atoms with van der Waals surface area (Å²) in [5.41, 5.74) is 2.98. The number of hydrogen-bond acceptors (Lipinski definition) is 5. The highest BCUT2D eigenvalue weighted by molar-refractivity contribution is 7.89. The zero-order chi connectivity index (χ0) is 26.3. The molecular formula is C26H28FN5O3S. The number of amides is 2. The van der Waals surface area contributed by atoms with E-state index in [1.807, 2.05) is 32.0 Å². The summed E-state index contributed by atoms with van der Waals surface area (Å²) in [5, 5.41) is 14.4. The van der Waals surface area contributed by atoms with Gasteiger partial charge in [0, 0.05) is 44.2 Å². The van der Waals surface area contributed by atoms with Gasteiger partial charge in [-0.2, -0.15) is 9.57 Å². The second-order valence-electron chi connectivity index (χ2n) is 8.30. The van der Waals surface area contributed by atoms with Gasteiger partial charge in [0.2, 0.25) is 10.0 Å². The van der Waals surface area contributed by atoms with Crippen LogP contribution in [-0.4, -0.2) is 39.4 Å². The van der Waals surface area contributed by atoms with E-state index in [-0.39, 0.29) is 18.0 Å². The largest absolute Gasteiger partial charge is 0.377 e. The van der Waals surface area contributed by atoms with Crippen molar-refractivity contribution in [3.05, 3.63) is 83.7 Å². The van der Waals surface area contributed by atoms with Crippen LogP contribution >= 0.6 is 0 Å². The van der Waals surface area contributed by atoms with Crippen molar-refractivity contribution in [3.8, 4) is 6.07 Å². The molecule has 0 aliphatic heterocycles. The molecule has 0 heterocycles. The fourth-order valence-electron chi connectivity index (χ4n) is 3.63. The molecule has 0 bridgehead atoms. The average Bonchev–Trinajstić information content (AvgIpc) is 2.84. The molecule has 8 nitrogen and oxygen atoms in total. The summed E-state index contributed by atoms with van der Waals surface area (Å²) in [7, 11) is -0.179. The van der Waals surface area contributed by atoms with Crippen LogP contribution in [0.2, 0.25) is 0 Å². The zero-order valence-electron chi connectivity index (χ0n) is 20.3. The third kappa shape index (κ3) is 6.59. The third-order valence-electron chi connectivity index (χ3n) is 5.36. The normalized spacial score (nSPS) is 11.1. The van der Waals surface area contributed by atoms with E-state index in [1.54, 1.807) is 42.5 Å². The summed E-state index contributed by atoms with van der Waals surface area (Å²) in [6.07, 6.45) is 0.586. The van der Waals surface area contributed by atoms with E-state index in [0.29, 0.717) is 28.9 Å². The molecule has 2 N–H and O–H groups in total. The number of nitrogens with one attached hydrogen (secondary N) is 2.